The molecule has 2 atom stereocenters. The first kappa shape index (κ1) is 10.8. The van der Waals surface area contributed by atoms with Gasteiger partial charge in [-0.2, -0.15) is 0 Å². The van der Waals surface area contributed by atoms with Crippen LogP contribution in [0.4, 0.5) is 0 Å². The molecule has 2 unspecified atom stereocenters. The van der Waals surface area contributed by atoms with Gasteiger partial charge in [-0.05, 0) is 22.8 Å². The lowest BCUT2D eigenvalue weighted by Crippen LogP contribution is -2.02. The lowest BCUT2D eigenvalue weighted by molar-refractivity contribution is 0.401. The Balaban J connectivity index is 1.82. The number of epoxide rings is 2. The predicted octanol–water partition coefficient (Wildman–Crippen LogP) is 2.10. The van der Waals surface area contributed by atoms with Crippen molar-refractivity contribution in [3.8, 4) is 0 Å². The number of aliphatic hydroxyl groups is 1. The zero-order valence-corrected chi connectivity index (χ0v) is 9.63. The molecule has 2 aliphatic heterocycles. The molecule has 0 radical (unpaired) electrons. The van der Waals surface area contributed by atoms with Crippen LogP contribution in [0.2, 0.25) is 0 Å². The average Bonchev–Trinajstić information content (AvgIpc) is 3.17. The zero-order valence-electron chi connectivity index (χ0n) is 9.63. The van der Waals surface area contributed by atoms with Crippen molar-refractivity contribution in [1.82, 2.24) is 0 Å². The largest absolute Gasteiger partial charge is 0.516 e. The smallest absolute Gasteiger partial charge is 0.0850 e. The normalized spacial score (nSPS) is 26.4. The van der Waals surface area contributed by atoms with Crippen LogP contribution in [0.25, 0.3) is 6.08 Å². The van der Waals surface area contributed by atoms with E-state index in [0.29, 0.717) is 12.2 Å². The first-order valence-corrected chi connectivity index (χ1v) is 6.01. The summed E-state index contributed by atoms with van der Waals surface area (Å²) in [6, 6.07) is 6.29. The van der Waals surface area contributed by atoms with E-state index in [1.54, 1.807) is 6.08 Å². The molecule has 2 fully saturated rings. The van der Waals surface area contributed by atoms with Crippen molar-refractivity contribution in [3.05, 3.63) is 41.2 Å². The van der Waals surface area contributed by atoms with E-state index in [4.69, 9.17) is 14.6 Å². The van der Waals surface area contributed by atoms with E-state index in [-0.39, 0.29) is 0 Å². The number of benzene rings is 1. The molecule has 2 saturated heterocycles. The van der Waals surface area contributed by atoms with Gasteiger partial charge in [0, 0.05) is 12.8 Å². The van der Waals surface area contributed by atoms with E-state index >= 15 is 0 Å². The lowest BCUT2D eigenvalue weighted by atomic mass is 9.97. The van der Waals surface area contributed by atoms with Crippen LogP contribution in [-0.4, -0.2) is 30.5 Å². The van der Waals surface area contributed by atoms with Crippen LogP contribution in [0.5, 0.6) is 0 Å². The van der Waals surface area contributed by atoms with Gasteiger partial charge in [-0.3, -0.25) is 0 Å². The van der Waals surface area contributed by atoms with Gasteiger partial charge in [0.05, 0.1) is 31.7 Å². The topological polar surface area (TPSA) is 45.3 Å². The quantitative estimate of drug-likeness (QED) is 0.624. The third-order valence-corrected chi connectivity index (χ3v) is 3.20. The summed E-state index contributed by atoms with van der Waals surface area (Å²) in [6.45, 7) is 1.76. The van der Waals surface area contributed by atoms with E-state index < -0.39 is 0 Å². The fraction of sp³-hybridized carbons (Fsp3) is 0.429. The highest BCUT2D eigenvalue weighted by Crippen LogP contribution is 2.25. The van der Waals surface area contributed by atoms with Crippen molar-refractivity contribution in [2.24, 2.45) is 0 Å². The summed E-state index contributed by atoms with van der Waals surface area (Å²) in [5.41, 5.74) is 3.69. The highest BCUT2D eigenvalue weighted by Gasteiger charge is 2.27. The minimum absolute atomic E-state index is 0.391. The van der Waals surface area contributed by atoms with Crippen LogP contribution in [0.3, 0.4) is 0 Å². The number of aliphatic hydroxyl groups excluding tert-OH is 1. The third kappa shape index (κ3) is 2.87. The number of ether oxygens (including phenoxy) is 2. The Labute approximate surface area is 101 Å². The van der Waals surface area contributed by atoms with Crippen molar-refractivity contribution in [1.29, 1.82) is 0 Å². The van der Waals surface area contributed by atoms with Gasteiger partial charge < -0.3 is 14.6 Å². The summed E-state index contributed by atoms with van der Waals surface area (Å²) in [7, 11) is 0. The van der Waals surface area contributed by atoms with Gasteiger partial charge >= 0.3 is 0 Å². The van der Waals surface area contributed by atoms with Crippen LogP contribution in [0, 0.1) is 0 Å². The Hall–Kier alpha value is -1.32. The highest BCUT2D eigenvalue weighted by atomic mass is 16.6. The van der Waals surface area contributed by atoms with Gasteiger partial charge in [0.1, 0.15) is 0 Å². The van der Waals surface area contributed by atoms with Crippen LogP contribution >= 0.6 is 0 Å². The Kier molecular flexibility index (Phi) is 2.87. The molecule has 0 aliphatic carbocycles. The molecule has 2 heterocycles. The standard InChI is InChI=1S/C14H16O3/c15-4-3-10-1-2-11(6-13-8-16-13)12(5-10)7-14-9-17-14/h1-5,13-15H,6-9H2. The van der Waals surface area contributed by atoms with Gasteiger partial charge in [-0.15, -0.1) is 0 Å². The summed E-state index contributed by atoms with van der Waals surface area (Å²) < 4.78 is 10.6. The minimum Gasteiger partial charge on any atom is -0.516 e. The molecule has 0 amide bonds. The van der Waals surface area contributed by atoms with Crippen LogP contribution in [0.1, 0.15) is 16.7 Å². The summed E-state index contributed by atoms with van der Waals surface area (Å²) >= 11 is 0. The van der Waals surface area contributed by atoms with Crippen LogP contribution < -0.4 is 0 Å². The van der Waals surface area contributed by atoms with Gasteiger partial charge in [0.25, 0.3) is 0 Å². The number of rotatable bonds is 5. The molecule has 1 aromatic rings. The molecular weight excluding hydrogens is 216 g/mol. The Morgan fingerprint density at radius 1 is 1.12 bits per heavy atom. The van der Waals surface area contributed by atoms with E-state index in [1.165, 1.54) is 11.1 Å². The van der Waals surface area contributed by atoms with Crippen molar-refractivity contribution in [2.75, 3.05) is 13.2 Å². The summed E-state index contributed by atoms with van der Waals surface area (Å²) in [6.07, 6.45) is 5.54. The van der Waals surface area contributed by atoms with Crippen molar-refractivity contribution < 1.29 is 14.6 Å². The molecule has 0 bridgehead atoms. The first-order chi connectivity index (χ1) is 8.35. The van der Waals surface area contributed by atoms with E-state index in [9.17, 15) is 0 Å². The second-order valence-corrected chi connectivity index (χ2v) is 4.66. The van der Waals surface area contributed by atoms with E-state index in [1.807, 2.05) is 6.07 Å². The van der Waals surface area contributed by atoms with Gasteiger partial charge in [0.2, 0.25) is 0 Å². The van der Waals surface area contributed by atoms with Crippen LogP contribution in [-0.2, 0) is 22.3 Å². The van der Waals surface area contributed by atoms with Crippen molar-refractivity contribution in [3.63, 3.8) is 0 Å². The maximum absolute atomic E-state index is 8.80. The fourth-order valence-corrected chi connectivity index (χ4v) is 2.09. The molecule has 1 N–H and O–H groups in total. The average molecular weight is 232 g/mol. The maximum atomic E-state index is 8.80. The molecular formula is C14H16O3. The zero-order chi connectivity index (χ0) is 11.7. The minimum atomic E-state index is 0.391. The van der Waals surface area contributed by atoms with Gasteiger partial charge in [-0.1, -0.05) is 18.2 Å². The second-order valence-electron chi connectivity index (χ2n) is 4.66. The summed E-state index contributed by atoms with van der Waals surface area (Å²) in [4.78, 5) is 0. The predicted molar refractivity (Wildman–Crippen MR) is 65.0 cm³/mol. The Morgan fingerprint density at radius 3 is 2.35 bits per heavy atom. The summed E-state index contributed by atoms with van der Waals surface area (Å²) in [5.74, 6) is 0. The fourth-order valence-electron chi connectivity index (χ4n) is 2.09. The molecule has 3 heteroatoms. The van der Waals surface area contributed by atoms with Crippen molar-refractivity contribution >= 4 is 6.08 Å². The van der Waals surface area contributed by atoms with Gasteiger partial charge in [0.15, 0.2) is 0 Å². The number of hydrogen-bond donors (Lipinski definition) is 1. The molecule has 1 aromatic carbocycles. The molecule has 3 nitrogen and oxygen atoms in total. The molecule has 17 heavy (non-hydrogen) atoms. The number of hydrogen-bond acceptors (Lipinski definition) is 3. The molecule has 3 rings (SSSR count). The Morgan fingerprint density at radius 2 is 1.76 bits per heavy atom. The third-order valence-electron chi connectivity index (χ3n) is 3.20. The molecule has 90 valence electrons. The Bertz CT molecular complexity index is 431. The van der Waals surface area contributed by atoms with Crippen molar-refractivity contribution in [2.45, 2.75) is 25.0 Å². The maximum Gasteiger partial charge on any atom is 0.0850 e. The highest BCUT2D eigenvalue weighted by molar-refractivity contribution is 5.51. The second kappa shape index (κ2) is 4.51. The van der Waals surface area contributed by atoms with E-state index in [0.717, 1.165) is 37.9 Å². The van der Waals surface area contributed by atoms with E-state index in [2.05, 4.69) is 12.1 Å². The van der Waals surface area contributed by atoms with Crippen LogP contribution in [0.15, 0.2) is 24.5 Å². The molecule has 0 saturated carbocycles. The molecule has 0 spiro atoms. The lowest BCUT2D eigenvalue weighted by Gasteiger charge is -2.08. The summed E-state index contributed by atoms with van der Waals surface area (Å²) in [5, 5.41) is 8.80. The molecule has 2 aliphatic rings. The SMILES string of the molecule is OC=Cc1ccc(CC2CO2)c(CC2CO2)c1. The monoisotopic (exact) mass is 232 g/mol. The first-order valence-electron chi connectivity index (χ1n) is 6.01. The van der Waals surface area contributed by atoms with Gasteiger partial charge in [-0.25, -0.2) is 0 Å². The molecule has 0 aromatic heterocycles.